The first-order valence-corrected chi connectivity index (χ1v) is 29.1. The fourth-order valence-corrected chi connectivity index (χ4v) is 9.40. The van der Waals surface area contributed by atoms with Crippen molar-refractivity contribution in [3.63, 3.8) is 0 Å². The van der Waals surface area contributed by atoms with Gasteiger partial charge in [0.05, 0.1) is 18.8 Å². The summed E-state index contributed by atoms with van der Waals surface area (Å²) < 4.78 is 0. The average molecular weight is 907 g/mol. The van der Waals surface area contributed by atoms with Gasteiger partial charge in [-0.05, 0) is 38.5 Å². The van der Waals surface area contributed by atoms with Crippen LogP contribution in [0.25, 0.3) is 0 Å². The van der Waals surface area contributed by atoms with Crippen LogP contribution in [-0.2, 0) is 4.79 Å². The number of unbranched alkanes of at least 4 members (excludes halogenated alkanes) is 43. The molecule has 1 amide bonds. The Labute approximate surface area is 400 Å². The van der Waals surface area contributed by atoms with E-state index in [1.807, 2.05) is 0 Å². The molecule has 0 heterocycles. The van der Waals surface area contributed by atoms with E-state index in [1.165, 1.54) is 257 Å². The molecule has 6 heteroatoms. The molecule has 0 aromatic rings. The van der Waals surface area contributed by atoms with Crippen LogP contribution in [0, 0.1) is 0 Å². The quantitative estimate of drug-likeness (QED) is 0.0308. The molecule has 4 unspecified atom stereocenters. The molecule has 0 aromatic heterocycles. The summed E-state index contributed by atoms with van der Waals surface area (Å²) in [6.45, 7) is 4.07. The van der Waals surface area contributed by atoms with Gasteiger partial charge in [-0.15, -0.1) is 0 Å². The topological polar surface area (TPSA) is 110 Å². The van der Waals surface area contributed by atoms with E-state index in [4.69, 9.17) is 0 Å². The number of carbonyl (C=O) groups is 1. The highest BCUT2D eigenvalue weighted by Gasteiger charge is 2.28. The van der Waals surface area contributed by atoms with Gasteiger partial charge in [0.1, 0.15) is 12.2 Å². The van der Waals surface area contributed by atoms with Gasteiger partial charge in [0.15, 0.2) is 0 Å². The van der Waals surface area contributed by atoms with E-state index in [9.17, 15) is 25.2 Å². The fraction of sp³-hybridized carbons (Fsp3) is 0.948. The maximum atomic E-state index is 12.6. The van der Waals surface area contributed by atoms with Crippen molar-refractivity contribution >= 4 is 5.91 Å². The molecule has 0 saturated carbocycles. The number of amides is 1. The largest absolute Gasteiger partial charge is 0.394 e. The molecule has 6 nitrogen and oxygen atoms in total. The third-order valence-corrected chi connectivity index (χ3v) is 14.0. The molecule has 0 aliphatic heterocycles. The zero-order chi connectivity index (χ0) is 46.7. The number of rotatable bonds is 54. The molecule has 0 radical (unpaired) electrons. The van der Waals surface area contributed by atoms with E-state index in [-0.39, 0.29) is 0 Å². The highest BCUT2D eigenvalue weighted by Crippen LogP contribution is 2.18. The first kappa shape index (κ1) is 63.0. The molecule has 0 aliphatic rings. The molecule has 0 aromatic carbocycles. The van der Waals surface area contributed by atoms with E-state index in [2.05, 4.69) is 31.3 Å². The lowest BCUT2D eigenvalue weighted by Crippen LogP contribution is -2.53. The summed E-state index contributed by atoms with van der Waals surface area (Å²) in [6.07, 6.45) is 63.1. The lowest BCUT2D eigenvalue weighted by atomic mass is 9.99. The van der Waals surface area contributed by atoms with Crippen LogP contribution < -0.4 is 5.32 Å². The Balaban J connectivity index is 3.49. The van der Waals surface area contributed by atoms with Gasteiger partial charge < -0.3 is 25.7 Å². The van der Waals surface area contributed by atoms with Crippen LogP contribution >= 0.6 is 0 Å². The molecule has 0 saturated heterocycles. The van der Waals surface area contributed by atoms with Crippen LogP contribution in [0.5, 0.6) is 0 Å². The van der Waals surface area contributed by atoms with Crippen LogP contribution in [0.3, 0.4) is 0 Å². The molecule has 64 heavy (non-hydrogen) atoms. The van der Waals surface area contributed by atoms with Crippen LogP contribution in [0.1, 0.15) is 322 Å². The Morgan fingerprint density at radius 2 is 0.625 bits per heavy atom. The average Bonchev–Trinajstić information content (AvgIpc) is 3.30. The predicted octanol–water partition coefficient (Wildman–Crippen LogP) is 16.9. The summed E-state index contributed by atoms with van der Waals surface area (Å²) in [4.78, 5) is 12.6. The molecule has 5 N–H and O–H groups in total. The first-order chi connectivity index (χ1) is 31.5. The fourth-order valence-electron chi connectivity index (χ4n) is 9.40. The minimum atomic E-state index is -1.25. The van der Waals surface area contributed by atoms with E-state index in [0.29, 0.717) is 12.8 Å². The second-order valence-corrected chi connectivity index (χ2v) is 20.3. The van der Waals surface area contributed by atoms with Gasteiger partial charge in [-0.25, -0.2) is 0 Å². The molecule has 0 rings (SSSR count). The smallest absolute Gasteiger partial charge is 0.249 e. The first-order valence-electron chi connectivity index (χ1n) is 29.1. The van der Waals surface area contributed by atoms with Crippen LogP contribution in [0.4, 0.5) is 0 Å². The summed E-state index contributed by atoms with van der Waals surface area (Å²) in [5, 5.41) is 43.8. The monoisotopic (exact) mass is 906 g/mol. The minimum Gasteiger partial charge on any atom is -0.394 e. The highest BCUT2D eigenvalue weighted by molar-refractivity contribution is 5.80. The Bertz CT molecular complexity index is 928. The standard InChI is InChI=1S/C58H115NO5/c1-3-5-7-9-11-13-15-17-18-19-20-21-22-23-24-25-26-27-28-29-30-31-32-33-34-35-36-37-38-39-40-42-44-46-48-50-52-56(62)58(64)59-54(53-60)57(63)55(61)51-49-47-45-43-41-16-14-12-10-8-6-4-2/h27-28,54-57,60-63H,3-26,29-53H2,1-2H3,(H,59,64)/b28-27-. The third kappa shape index (κ3) is 46.2. The van der Waals surface area contributed by atoms with Gasteiger partial charge >= 0.3 is 0 Å². The Kier molecular flexibility index (Phi) is 52.2. The molecule has 4 atom stereocenters. The lowest BCUT2D eigenvalue weighted by molar-refractivity contribution is -0.132. The molecular formula is C58H115NO5. The molecule has 0 bridgehead atoms. The summed E-state index contributed by atoms with van der Waals surface area (Å²) in [5.74, 6) is -0.579. The summed E-state index contributed by atoms with van der Waals surface area (Å²) >= 11 is 0. The summed E-state index contributed by atoms with van der Waals surface area (Å²) in [5.41, 5.74) is 0. The number of hydrogen-bond acceptors (Lipinski definition) is 5. The highest BCUT2D eigenvalue weighted by atomic mass is 16.3. The minimum absolute atomic E-state index is 0.373. The maximum Gasteiger partial charge on any atom is 0.249 e. The lowest BCUT2D eigenvalue weighted by Gasteiger charge is -2.27. The van der Waals surface area contributed by atoms with Gasteiger partial charge in [-0.2, -0.15) is 0 Å². The van der Waals surface area contributed by atoms with Crippen LogP contribution in [0.2, 0.25) is 0 Å². The van der Waals surface area contributed by atoms with Gasteiger partial charge in [0.25, 0.3) is 0 Å². The molecule has 0 fully saturated rings. The Hall–Kier alpha value is -0.950. The van der Waals surface area contributed by atoms with E-state index >= 15 is 0 Å². The van der Waals surface area contributed by atoms with Crippen molar-refractivity contribution in [2.24, 2.45) is 0 Å². The molecular weight excluding hydrogens is 791 g/mol. The molecule has 0 spiro atoms. The summed E-state index contributed by atoms with van der Waals surface area (Å²) in [7, 11) is 0. The normalized spacial score (nSPS) is 13.8. The number of aliphatic hydroxyl groups is 4. The van der Waals surface area contributed by atoms with Crippen molar-refractivity contribution in [1.82, 2.24) is 5.32 Å². The van der Waals surface area contributed by atoms with E-state index in [0.717, 1.165) is 38.5 Å². The second-order valence-electron chi connectivity index (χ2n) is 20.3. The number of allylic oxidation sites excluding steroid dienone is 2. The molecule has 382 valence electrons. The van der Waals surface area contributed by atoms with Crippen molar-refractivity contribution in [2.75, 3.05) is 6.61 Å². The Morgan fingerprint density at radius 3 is 0.906 bits per heavy atom. The second kappa shape index (κ2) is 53.0. The molecule has 0 aliphatic carbocycles. The summed E-state index contributed by atoms with van der Waals surface area (Å²) in [6, 6.07) is -0.981. The third-order valence-electron chi connectivity index (χ3n) is 14.0. The van der Waals surface area contributed by atoms with Crippen molar-refractivity contribution in [3.8, 4) is 0 Å². The zero-order valence-corrected chi connectivity index (χ0v) is 43.3. The number of aliphatic hydroxyl groups excluding tert-OH is 4. The number of carbonyl (C=O) groups excluding carboxylic acids is 1. The number of nitrogens with one attached hydrogen (secondary N) is 1. The predicted molar refractivity (Wildman–Crippen MR) is 279 cm³/mol. The SMILES string of the molecule is CCCCCCCCCCCCCCCCCC/C=C\CCCCCCCCCCCCCCCCCCC(O)C(=O)NC(CO)C(O)C(O)CCCCCCCCCCCCCC. The maximum absolute atomic E-state index is 12.6. The van der Waals surface area contributed by atoms with Crippen molar-refractivity contribution in [3.05, 3.63) is 12.2 Å². The van der Waals surface area contributed by atoms with E-state index < -0.39 is 36.9 Å². The van der Waals surface area contributed by atoms with Gasteiger partial charge in [0, 0.05) is 0 Å². The van der Waals surface area contributed by atoms with Crippen LogP contribution in [-0.4, -0.2) is 57.3 Å². The van der Waals surface area contributed by atoms with Gasteiger partial charge in [0.2, 0.25) is 5.91 Å². The Morgan fingerprint density at radius 1 is 0.375 bits per heavy atom. The van der Waals surface area contributed by atoms with Crippen LogP contribution in [0.15, 0.2) is 12.2 Å². The zero-order valence-electron chi connectivity index (χ0n) is 43.3. The van der Waals surface area contributed by atoms with E-state index in [1.54, 1.807) is 0 Å². The number of hydrogen-bond donors (Lipinski definition) is 5. The van der Waals surface area contributed by atoms with Crippen molar-refractivity contribution < 1.29 is 25.2 Å². The van der Waals surface area contributed by atoms with Gasteiger partial charge in [-0.3, -0.25) is 4.79 Å². The van der Waals surface area contributed by atoms with Crippen molar-refractivity contribution in [1.29, 1.82) is 0 Å². The van der Waals surface area contributed by atoms with Gasteiger partial charge in [-0.1, -0.05) is 296 Å². The van der Waals surface area contributed by atoms with Crippen molar-refractivity contribution in [2.45, 2.75) is 346 Å².